The van der Waals surface area contributed by atoms with E-state index in [0.717, 1.165) is 11.0 Å². The van der Waals surface area contributed by atoms with Gasteiger partial charge >= 0.3 is 0 Å². The highest BCUT2D eigenvalue weighted by Gasteiger charge is 2.21. The number of carbonyl (C=O) groups is 1. The van der Waals surface area contributed by atoms with Crippen molar-refractivity contribution in [3.8, 4) is 0 Å². The second-order valence-corrected chi connectivity index (χ2v) is 4.01. The van der Waals surface area contributed by atoms with Crippen molar-refractivity contribution in [2.45, 2.75) is 0 Å². The Morgan fingerprint density at radius 1 is 1.41 bits per heavy atom. The average Bonchev–Trinajstić information content (AvgIpc) is 2.83. The van der Waals surface area contributed by atoms with Crippen LogP contribution < -0.4 is 0 Å². The molecule has 2 aromatic rings. The predicted molar refractivity (Wildman–Crippen MR) is 62.8 cm³/mol. The van der Waals surface area contributed by atoms with Crippen LogP contribution >= 0.6 is 0 Å². The third kappa shape index (κ3) is 1.78. The number of aromatic nitrogens is 2. The van der Waals surface area contributed by atoms with Crippen molar-refractivity contribution >= 4 is 16.9 Å². The minimum atomic E-state index is 0.0487. The van der Waals surface area contributed by atoms with Crippen LogP contribution in [0, 0.1) is 0 Å². The van der Waals surface area contributed by atoms with E-state index >= 15 is 0 Å². The maximum absolute atomic E-state index is 12.3. The van der Waals surface area contributed by atoms with E-state index in [1.165, 1.54) is 0 Å². The summed E-state index contributed by atoms with van der Waals surface area (Å²) in [5, 5.41) is 0.879. The average molecular weight is 231 g/mol. The molecule has 2 aromatic heterocycles. The summed E-state index contributed by atoms with van der Waals surface area (Å²) in [5.41, 5.74) is 1.44. The minimum absolute atomic E-state index is 0.0487. The zero-order valence-electron chi connectivity index (χ0n) is 9.35. The fourth-order valence-electron chi connectivity index (χ4n) is 2.07. The van der Waals surface area contributed by atoms with Crippen LogP contribution in [-0.2, 0) is 4.74 Å². The van der Waals surface area contributed by atoms with Crippen molar-refractivity contribution in [3.63, 3.8) is 0 Å². The molecule has 0 saturated carbocycles. The Labute approximate surface area is 98.4 Å². The highest BCUT2D eigenvalue weighted by atomic mass is 16.5. The molecule has 0 atom stereocenters. The van der Waals surface area contributed by atoms with Crippen LogP contribution in [0.4, 0.5) is 0 Å². The number of nitrogens with one attached hydrogen (secondary N) is 1. The SMILES string of the molecule is O=C(c1c[nH]c2ncccc12)N1CCOCC1. The van der Waals surface area contributed by atoms with E-state index in [1.54, 1.807) is 12.4 Å². The number of morpholine rings is 1. The monoisotopic (exact) mass is 231 g/mol. The molecule has 0 unspecified atom stereocenters. The molecule has 1 N–H and O–H groups in total. The summed E-state index contributed by atoms with van der Waals surface area (Å²) in [6.45, 7) is 2.55. The molecule has 1 amide bonds. The lowest BCUT2D eigenvalue weighted by Crippen LogP contribution is -2.40. The van der Waals surface area contributed by atoms with Crippen molar-refractivity contribution in [3.05, 3.63) is 30.1 Å². The maximum Gasteiger partial charge on any atom is 0.256 e. The fraction of sp³-hybridized carbons (Fsp3) is 0.333. The summed E-state index contributed by atoms with van der Waals surface area (Å²) >= 11 is 0. The standard InChI is InChI=1S/C12H13N3O2/c16-12(15-4-6-17-7-5-15)10-8-14-11-9(10)2-1-3-13-11/h1-3,8H,4-7H2,(H,13,14). The lowest BCUT2D eigenvalue weighted by molar-refractivity contribution is 0.0304. The molecule has 1 aliphatic rings. The van der Waals surface area contributed by atoms with Crippen LogP contribution in [0.15, 0.2) is 24.5 Å². The molecule has 0 spiro atoms. The number of hydrogen-bond donors (Lipinski definition) is 1. The van der Waals surface area contributed by atoms with Gasteiger partial charge in [0.25, 0.3) is 5.91 Å². The quantitative estimate of drug-likeness (QED) is 0.797. The number of nitrogens with zero attached hydrogens (tertiary/aromatic N) is 2. The Morgan fingerprint density at radius 2 is 2.24 bits per heavy atom. The van der Waals surface area contributed by atoms with Gasteiger partial charge in [-0.25, -0.2) is 4.98 Å². The third-order valence-corrected chi connectivity index (χ3v) is 2.98. The van der Waals surface area contributed by atoms with Gasteiger partial charge < -0.3 is 14.6 Å². The molecular formula is C12H13N3O2. The summed E-state index contributed by atoms with van der Waals surface area (Å²) in [6.07, 6.45) is 3.44. The Bertz CT molecular complexity index is 543. The van der Waals surface area contributed by atoms with Gasteiger partial charge in [-0.2, -0.15) is 0 Å². The second kappa shape index (κ2) is 4.18. The molecule has 0 aromatic carbocycles. The molecule has 0 bridgehead atoms. The van der Waals surface area contributed by atoms with Gasteiger partial charge in [0.05, 0.1) is 18.8 Å². The number of rotatable bonds is 1. The van der Waals surface area contributed by atoms with Crippen molar-refractivity contribution in [2.24, 2.45) is 0 Å². The van der Waals surface area contributed by atoms with E-state index < -0.39 is 0 Å². The van der Waals surface area contributed by atoms with Gasteiger partial charge in [-0.1, -0.05) is 0 Å². The van der Waals surface area contributed by atoms with Gasteiger partial charge in [0.1, 0.15) is 5.65 Å². The highest BCUT2D eigenvalue weighted by Crippen LogP contribution is 2.18. The lowest BCUT2D eigenvalue weighted by Gasteiger charge is -2.26. The predicted octanol–water partition coefficient (Wildman–Crippen LogP) is 1.04. The van der Waals surface area contributed by atoms with E-state index in [-0.39, 0.29) is 5.91 Å². The lowest BCUT2D eigenvalue weighted by atomic mass is 10.2. The molecule has 5 heteroatoms. The number of hydrogen-bond acceptors (Lipinski definition) is 3. The molecule has 1 aliphatic heterocycles. The minimum Gasteiger partial charge on any atom is -0.378 e. The number of H-pyrrole nitrogens is 1. The van der Waals surface area contributed by atoms with Gasteiger partial charge in [0.2, 0.25) is 0 Å². The zero-order valence-corrected chi connectivity index (χ0v) is 9.35. The van der Waals surface area contributed by atoms with Crippen molar-refractivity contribution in [1.82, 2.24) is 14.9 Å². The van der Waals surface area contributed by atoms with Crippen LogP contribution in [0.5, 0.6) is 0 Å². The normalized spacial score (nSPS) is 16.4. The van der Waals surface area contributed by atoms with Gasteiger partial charge in [-0.3, -0.25) is 4.79 Å². The molecule has 1 saturated heterocycles. The Balaban J connectivity index is 1.95. The number of pyridine rings is 1. The Morgan fingerprint density at radius 3 is 3.06 bits per heavy atom. The fourth-order valence-corrected chi connectivity index (χ4v) is 2.07. The molecule has 3 heterocycles. The van der Waals surface area contributed by atoms with Crippen molar-refractivity contribution < 1.29 is 9.53 Å². The van der Waals surface area contributed by atoms with Gasteiger partial charge in [-0.15, -0.1) is 0 Å². The summed E-state index contributed by atoms with van der Waals surface area (Å²) in [4.78, 5) is 21.3. The molecule has 0 radical (unpaired) electrons. The van der Waals surface area contributed by atoms with Crippen LogP contribution in [0.3, 0.4) is 0 Å². The van der Waals surface area contributed by atoms with E-state index in [2.05, 4.69) is 9.97 Å². The van der Waals surface area contributed by atoms with Gasteiger partial charge in [0, 0.05) is 30.9 Å². The first-order valence-electron chi connectivity index (χ1n) is 5.65. The highest BCUT2D eigenvalue weighted by molar-refractivity contribution is 6.05. The Hall–Kier alpha value is -1.88. The van der Waals surface area contributed by atoms with Gasteiger partial charge in [0.15, 0.2) is 0 Å². The molecule has 17 heavy (non-hydrogen) atoms. The molecule has 5 nitrogen and oxygen atoms in total. The first kappa shape index (κ1) is 10.3. The smallest absolute Gasteiger partial charge is 0.256 e. The van der Waals surface area contributed by atoms with Crippen LogP contribution in [-0.4, -0.2) is 47.1 Å². The number of aromatic amines is 1. The first-order valence-corrected chi connectivity index (χ1v) is 5.65. The topological polar surface area (TPSA) is 58.2 Å². The Kier molecular flexibility index (Phi) is 2.53. The summed E-state index contributed by atoms with van der Waals surface area (Å²) < 4.78 is 5.24. The van der Waals surface area contributed by atoms with E-state index in [0.29, 0.717) is 31.9 Å². The largest absolute Gasteiger partial charge is 0.378 e. The second-order valence-electron chi connectivity index (χ2n) is 4.01. The molecule has 88 valence electrons. The van der Waals surface area contributed by atoms with Crippen LogP contribution in [0.1, 0.15) is 10.4 Å². The van der Waals surface area contributed by atoms with Crippen LogP contribution in [0.25, 0.3) is 11.0 Å². The van der Waals surface area contributed by atoms with Gasteiger partial charge in [-0.05, 0) is 12.1 Å². The molecule has 3 rings (SSSR count). The molecule has 0 aliphatic carbocycles. The molecular weight excluding hydrogens is 218 g/mol. The number of carbonyl (C=O) groups excluding carboxylic acids is 1. The van der Waals surface area contributed by atoms with Crippen LogP contribution in [0.2, 0.25) is 0 Å². The number of amides is 1. The number of fused-ring (bicyclic) bond motifs is 1. The zero-order chi connectivity index (χ0) is 11.7. The van der Waals surface area contributed by atoms with E-state index in [9.17, 15) is 4.79 Å². The summed E-state index contributed by atoms with van der Waals surface area (Å²) in [5.74, 6) is 0.0487. The van der Waals surface area contributed by atoms with Crippen molar-refractivity contribution in [2.75, 3.05) is 26.3 Å². The van der Waals surface area contributed by atoms with E-state index in [1.807, 2.05) is 17.0 Å². The maximum atomic E-state index is 12.3. The van der Waals surface area contributed by atoms with E-state index in [4.69, 9.17) is 4.74 Å². The van der Waals surface area contributed by atoms with Crippen molar-refractivity contribution in [1.29, 1.82) is 0 Å². The first-order chi connectivity index (χ1) is 8.36. The third-order valence-electron chi connectivity index (χ3n) is 2.98. The summed E-state index contributed by atoms with van der Waals surface area (Å²) in [7, 11) is 0. The molecule has 1 fully saturated rings. The number of ether oxygens (including phenoxy) is 1. The summed E-state index contributed by atoms with van der Waals surface area (Å²) in [6, 6.07) is 3.75.